The molecule has 4 N–H and O–H groups in total. The zero-order valence-electron chi connectivity index (χ0n) is 28.2. The average molecular weight is 656 g/mol. The van der Waals surface area contributed by atoms with Crippen LogP contribution in [0.5, 0.6) is 17.2 Å². The second-order valence-corrected chi connectivity index (χ2v) is 12.6. The molecule has 5 amide bonds. The molecule has 2 aliphatic rings. The third-order valence-electron chi connectivity index (χ3n) is 8.15. The molecule has 2 aliphatic heterocycles. The maximum atomic E-state index is 14.3. The summed E-state index contributed by atoms with van der Waals surface area (Å²) in [4.78, 5) is 43.1. The Hall–Kier alpha value is -4.23. The zero-order chi connectivity index (χ0) is 34.1. The predicted molar refractivity (Wildman–Crippen MR) is 178 cm³/mol. The van der Waals surface area contributed by atoms with Crippen LogP contribution in [0, 0.1) is 5.92 Å². The van der Waals surface area contributed by atoms with Crippen LogP contribution in [-0.4, -0.2) is 97.3 Å². The van der Waals surface area contributed by atoms with Crippen molar-refractivity contribution in [1.29, 1.82) is 0 Å². The number of nitrogens with one attached hydrogen (secondary N) is 3. The number of carbonyl (C=O) groups is 3. The molecule has 4 atom stereocenters. The van der Waals surface area contributed by atoms with Crippen LogP contribution < -0.4 is 30.2 Å². The fourth-order valence-corrected chi connectivity index (χ4v) is 5.44. The van der Waals surface area contributed by atoms with Gasteiger partial charge < -0.3 is 49.8 Å². The molecule has 0 radical (unpaired) electrons. The van der Waals surface area contributed by atoms with Crippen LogP contribution in [0.3, 0.4) is 0 Å². The number of nitrogens with zero attached hydrogens (tertiary/aromatic N) is 2. The molecule has 0 bridgehead atoms. The van der Waals surface area contributed by atoms with Crippen LogP contribution >= 0.6 is 0 Å². The summed E-state index contributed by atoms with van der Waals surface area (Å²) in [5, 5.41) is 18.7. The van der Waals surface area contributed by atoms with Gasteiger partial charge in [-0.25, -0.2) is 9.59 Å². The highest BCUT2D eigenvalue weighted by Gasteiger charge is 2.31. The number of hydrogen-bond acceptors (Lipinski definition) is 8. The Balaban J connectivity index is 1.56. The lowest BCUT2D eigenvalue weighted by molar-refractivity contribution is -0.0115. The summed E-state index contributed by atoms with van der Waals surface area (Å²) >= 11 is 0. The number of aliphatic hydroxyl groups excluding tert-OH is 1. The summed E-state index contributed by atoms with van der Waals surface area (Å²) in [6, 6.07) is 8.93. The topological polar surface area (TPSA) is 151 Å². The van der Waals surface area contributed by atoms with Gasteiger partial charge in [0, 0.05) is 56.1 Å². The molecule has 2 aromatic rings. The Labute approximate surface area is 276 Å². The van der Waals surface area contributed by atoms with Gasteiger partial charge in [0.15, 0.2) is 11.5 Å². The van der Waals surface area contributed by atoms with Gasteiger partial charge in [0.05, 0.1) is 30.4 Å². The van der Waals surface area contributed by atoms with Crippen molar-refractivity contribution in [2.24, 2.45) is 5.92 Å². The number of benzene rings is 2. The van der Waals surface area contributed by atoms with Crippen LogP contribution in [0.4, 0.5) is 21.0 Å². The molecule has 258 valence electrons. The smallest absolute Gasteiger partial charge is 0.321 e. The average Bonchev–Trinajstić information content (AvgIpc) is 3.50. The molecule has 0 aromatic heterocycles. The minimum absolute atomic E-state index is 0.0653. The fraction of sp³-hybridized carbons (Fsp3) is 0.559. The summed E-state index contributed by atoms with van der Waals surface area (Å²) in [7, 11) is 1.70. The highest BCUT2D eigenvalue weighted by molar-refractivity contribution is 5.99. The number of rotatable bonds is 7. The van der Waals surface area contributed by atoms with Crippen molar-refractivity contribution in [2.75, 3.05) is 50.8 Å². The van der Waals surface area contributed by atoms with E-state index in [0.29, 0.717) is 35.2 Å². The summed E-state index contributed by atoms with van der Waals surface area (Å²) in [6.07, 6.45) is 1.78. The van der Waals surface area contributed by atoms with Gasteiger partial charge in [-0.3, -0.25) is 4.79 Å². The first-order valence-corrected chi connectivity index (χ1v) is 16.3. The molecule has 0 fully saturated rings. The van der Waals surface area contributed by atoms with Crippen molar-refractivity contribution in [3.63, 3.8) is 0 Å². The number of urea groups is 2. The number of carbonyl (C=O) groups excluding carboxylic acids is 3. The second kappa shape index (κ2) is 16.6. The maximum absolute atomic E-state index is 14.3. The SMILES string of the molecule is CC(C)NC(=O)Nc1ccc2c(c1)C(=O)N([C@@H](C)CO)C[C@H](C)[C@@H](CN(C)C(=O)Nc1ccc3c(c1)OCO3)OCCCC[C@@H](C)O2. The fourth-order valence-electron chi connectivity index (χ4n) is 5.44. The predicted octanol–water partition coefficient (Wildman–Crippen LogP) is 4.90. The summed E-state index contributed by atoms with van der Waals surface area (Å²) in [5.74, 6) is 1.03. The minimum atomic E-state index is -0.531. The van der Waals surface area contributed by atoms with Gasteiger partial charge in [0.2, 0.25) is 6.79 Å². The van der Waals surface area contributed by atoms with Crippen molar-refractivity contribution < 1.29 is 38.4 Å². The number of aliphatic hydroxyl groups is 1. The summed E-state index contributed by atoms with van der Waals surface area (Å²) in [5.41, 5.74) is 1.29. The standard InChI is InChI=1S/C34H49N5O8/c1-21(2)35-33(42)36-25-10-12-28-27(15-25)32(41)39(23(4)19-40)17-22(3)31(44-14-8-7-9-24(5)47-28)18-38(6)34(43)37-26-11-13-29-30(16-26)46-20-45-29/h10-13,15-16,21-24,31,40H,7-9,14,17-20H2,1-6H3,(H,37,43)(H2,35,36,42)/t22-,23-,24+,31+/m0/s1. The van der Waals surface area contributed by atoms with Crippen molar-refractivity contribution in [3.05, 3.63) is 42.0 Å². The normalized spacial score (nSPS) is 20.8. The van der Waals surface area contributed by atoms with E-state index in [-0.39, 0.29) is 68.1 Å². The Kier molecular flexibility index (Phi) is 12.5. The summed E-state index contributed by atoms with van der Waals surface area (Å²) < 4.78 is 23.4. The van der Waals surface area contributed by atoms with E-state index < -0.39 is 12.1 Å². The van der Waals surface area contributed by atoms with Crippen LogP contribution in [0.2, 0.25) is 0 Å². The first kappa shape index (κ1) is 35.6. The number of anilines is 2. The second-order valence-electron chi connectivity index (χ2n) is 12.6. The highest BCUT2D eigenvalue weighted by atomic mass is 16.7. The Morgan fingerprint density at radius 3 is 2.43 bits per heavy atom. The first-order valence-electron chi connectivity index (χ1n) is 16.3. The van der Waals surface area contributed by atoms with Gasteiger partial charge in [-0.1, -0.05) is 6.92 Å². The van der Waals surface area contributed by atoms with E-state index in [1.54, 1.807) is 60.2 Å². The van der Waals surface area contributed by atoms with Crippen molar-refractivity contribution in [1.82, 2.24) is 15.1 Å². The van der Waals surface area contributed by atoms with Crippen LogP contribution in [-0.2, 0) is 4.74 Å². The van der Waals surface area contributed by atoms with E-state index in [1.807, 2.05) is 27.7 Å². The van der Waals surface area contributed by atoms with E-state index in [2.05, 4.69) is 16.0 Å². The van der Waals surface area contributed by atoms with Gasteiger partial charge in [-0.2, -0.15) is 0 Å². The molecule has 0 saturated heterocycles. The van der Waals surface area contributed by atoms with Gasteiger partial charge in [0.1, 0.15) is 5.75 Å². The third kappa shape index (κ3) is 9.88. The lowest BCUT2D eigenvalue weighted by atomic mass is 10.0. The van der Waals surface area contributed by atoms with Gasteiger partial charge in [0.25, 0.3) is 5.91 Å². The Morgan fingerprint density at radius 2 is 1.70 bits per heavy atom. The molecule has 13 nitrogen and oxygen atoms in total. The molecule has 2 heterocycles. The highest BCUT2D eigenvalue weighted by Crippen LogP contribution is 2.34. The molecule has 0 saturated carbocycles. The number of fused-ring (bicyclic) bond motifs is 2. The minimum Gasteiger partial charge on any atom is -0.490 e. The molecule has 47 heavy (non-hydrogen) atoms. The van der Waals surface area contributed by atoms with Crippen molar-refractivity contribution >= 4 is 29.3 Å². The monoisotopic (exact) mass is 655 g/mol. The Morgan fingerprint density at radius 1 is 1.00 bits per heavy atom. The van der Waals surface area contributed by atoms with Crippen molar-refractivity contribution in [3.8, 4) is 17.2 Å². The van der Waals surface area contributed by atoms with Crippen LogP contribution in [0.15, 0.2) is 36.4 Å². The molecule has 2 aromatic carbocycles. The number of amides is 5. The maximum Gasteiger partial charge on any atom is 0.321 e. The molecule has 4 rings (SSSR count). The number of likely N-dealkylation sites (N-methyl/N-ethyl adjacent to an activating group) is 1. The molecule has 0 aliphatic carbocycles. The van der Waals surface area contributed by atoms with E-state index in [0.717, 1.165) is 19.3 Å². The largest absolute Gasteiger partial charge is 0.490 e. The number of ether oxygens (including phenoxy) is 4. The van der Waals surface area contributed by atoms with Gasteiger partial charge in [-0.05, 0) is 77.3 Å². The van der Waals surface area contributed by atoms with Gasteiger partial charge >= 0.3 is 12.1 Å². The Bertz CT molecular complexity index is 1390. The van der Waals surface area contributed by atoms with E-state index in [1.165, 1.54) is 0 Å². The third-order valence-corrected chi connectivity index (χ3v) is 8.15. The van der Waals surface area contributed by atoms with E-state index in [9.17, 15) is 19.5 Å². The van der Waals surface area contributed by atoms with Crippen molar-refractivity contribution in [2.45, 2.75) is 78.2 Å². The molecule has 0 spiro atoms. The quantitative estimate of drug-likeness (QED) is 0.329. The number of hydrogen-bond donors (Lipinski definition) is 4. The zero-order valence-corrected chi connectivity index (χ0v) is 28.2. The van der Waals surface area contributed by atoms with E-state index in [4.69, 9.17) is 18.9 Å². The van der Waals surface area contributed by atoms with Crippen LogP contribution in [0.25, 0.3) is 0 Å². The van der Waals surface area contributed by atoms with Crippen LogP contribution in [0.1, 0.15) is 64.2 Å². The molecular weight excluding hydrogens is 606 g/mol. The molecule has 13 heteroatoms. The summed E-state index contributed by atoms with van der Waals surface area (Å²) in [6.45, 7) is 10.3. The lowest BCUT2D eigenvalue weighted by Crippen LogP contribution is -2.48. The first-order chi connectivity index (χ1) is 22.4. The van der Waals surface area contributed by atoms with Gasteiger partial charge in [-0.15, -0.1) is 0 Å². The molecular formula is C34H49N5O8. The van der Waals surface area contributed by atoms with E-state index >= 15 is 0 Å². The molecule has 0 unspecified atom stereocenters. The lowest BCUT2D eigenvalue weighted by Gasteiger charge is -2.35.